The predicted molar refractivity (Wildman–Crippen MR) is 72.6 cm³/mol. The SMILES string of the molecule is COc1ccc([C@H]2COc3ccccc3[C@H]2O)cc1. The van der Waals surface area contributed by atoms with Gasteiger partial charge in [-0.1, -0.05) is 30.3 Å². The van der Waals surface area contributed by atoms with E-state index in [1.54, 1.807) is 7.11 Å². The first-order chi connectivity index (χ1) is 9.29. The largest absolute Gasteiger partial charge is 0.497 e. The van der Waals surface area contributed by atoms with Gasteiger partial charge in [-0.3, -0.25) is 0 Å². The van der Waals surface area contributed by atoms with E-state index >= 15 is 0 Å². The van der Waals surface area contributed by atoms with Crippen molar-refractivity contribution < 1.29 is 14.6 Å². The first-order valence-electron chi connectivity index (χ1n) is 6.33. The third-order valence-electron chi connectivity index (χ3n) is 3.58. The standard InChI is InChI=1S/C16H16O3/c1-18-12-8-6-11(7-9-12)14-10-19-15-5-3-2-4-13(15)16(14)17/h2-9,14,16-17H,10H2,1H3/t14-,16-/m1/s1. The number of hydrogen-bond donors (Lipinski definition) is 1. The molecule has 1 aliphatic heterocycles. The predicted octanol–water partition coefficient (Wildman–Crippen LogP) is 2.90. The van der Waals surface area contributed by atoms with E-state index in [-0.39, 0.29) is 5.92 Å². The molecule has 0 saturated heterocycles. The lowest BCUT2D eigenvalue weighted by molar-refractivity contribution is 0.0889. The van der Waals surface area contributed by atoms with E-state index in [1.165, 1.54) is 0 Å². The lowest BCUT2D eigenvalue weighted by Crippen LogP contribution is -2.24. The van der Waals surface area contributed by atoms with Crippen LogP contribution in [0.5, 0.6) is 11.5 Å². The van der Waals surface area contributed by atoms with Crippen molar-refractivity contribution in [3.05, 3.63) is 59.7 Å². The summed E-state index contributed by atoms with van der Waals surface area (Å²) in [6, 6.07) is 15.4. The van der Waals surface area contributed by atoms with Crippen molar-refractivity contribution in [2.75, 3.05) is 13.7 Å². The van der Waals surface area contributed by atoms with Crippen molar-refractivity contribution in [2.24, 2.45) is 0 Å². The average Bonchev–Trinajstić information content (AvgIpc) is 2.48. The van der Waals surface area contributed by atoms with E-state index < -0.39 is 6.10 Å². The molecule has 2 aromatic carbocycles. The number of aliphatic hydroxyl groups excluding tert-OH is 1. The molecule has 3 heteroatoms. The van der Waals surface area contributed by atoms with Crippen molar-refractivity contribution in [1.29, 1.82) is 0 Å². The number of methoxy groups -OCH3 is 1. The Hall–Kier alpha value is -2.00. The van der Waals surface area contributed by atoms with Crippen LogP contribution in [-0.4, -0.2) is 18.8 Å². The van der Waals surface area contributed by atoms with Crippen LogP contribution in [0.2, 0.25) is 0 Å². The fourth-order valence-electron chi connectivity index (χ4n) is 2.47. The van der Waals surface area contributed by atoms with Crippen molar-refractivity contribution >= 4 is 0 Å². The van der Waals surface area contributed by atoms with Gasteiger partial charge < -0.3 is 14.6 Å². The average molecular weight is 256 g/mol. The van der Waals surface area contributed by atoms with Gasteiger partial charge in [0.2, 0.25) is 0 Å². The van der Waals surface area contributed by atoms with E-state index in [0.717, 1.165) is 22.6 Å². The van der Waals surface area contributed by atoms with Crippen LogP contribution in [0.25, 0.3) is 0 Å². The molecule has 0 fully saturated rings. The van der Waals surface area contributed by atoms with Gasteiger partial charge in [-0.25, -0.2) is 0 Å². The quantitative estimate of drug-likeness (QED) is 0.898. The third kappa shape index (κ3) is 2.17. The molecule has 1 aliphatic rings. The van der Waals surface area contributed by atoms with Gasteiger partial charge in [0.1, 0.15) is 11.5 Å². The number of hydrogen-bond acceptors (Lipinski definition) is 3. The molecule has 0 amide bonds. The summed E-state index contributed by atoms with van der Waals surface area (Å²) in [5, 5.41) is 10.5. The highest BCUT2D eigenvalue weighted by Crippen LogP contribution is 2.40. The molecule has 1 heterocycles. The summed E-state index contributed by atoms with van der Waals surface area (Å²) < 4.78 is 10.9. The molecule has 98 valence electrons. The summed E-state index contributed by atoms with van der Waals surface area (Å²) in [6.07, 6.45) is -0.529. The van der Waals surface area contributed by atoms with Gasteiger partial charge in [-0.15, -0.1) is 0 Å². The van der Waals surface area contributed by atoms with E-state index in [1.807, 2.05) is 48.5 Å². The molecule has 0 saturated carbocycles. The lowest BCUT2D eigenvalue weighted by Gasteiger charge is -2.30. The molecule has 3 rings (SSSR count). The zero-order valence-corrected chi connectivity index (χ0v) is 10.7. The molecule has 3 nitrogen and oxygen atoms in total. The van der Waals surface area contributed by atoms with Crippen LogP contribution in [0.4, 0.5) is 0 Å². The number of ether oxygens (including phenoxy) is 2. The van der Waals surface area contributed by atoms with Gasteiger partial charge in [0.05, 0.1) is 19.8 Å². The second kappa shape index (κ2) is 4.94. The Morgan fingerprint density at radius 3 is 2.58 bits per heavy atom. The first kappa shape index (κ1) is 12.1. The van der Waals surface area contributed by atoms with Crippen LogP contribution < -0.4 is 9.47 Å². The van der Waals surface area contributed by atoms with Gasteiger partial charge in [-0.2, -0.15) is 0 Å². The van der Waals surface area contributed by atoms with Crippen LogP contribution in [0, 0.1) is 0 Å². The minimum atomic E-state index is -0.529. The number of fused-ring (bicyclic) bond motifs is 1. The fraction of sp³-hybridized carbons (Fsp3) is 0.250. The van der Waals surface area contributed by atoms with Gasteiger partial charge in [0.25, 0.3) is 0 Å². The number of rotatable bonds is 2. The van der Waals surface area contributed by atoms with Crippen molar-refractivity contribution in [1.82, 2.24) is 0 Å². The Morgan fingerprint density at radius 2 is 1.84 bits per heavy atom. The van der Waals surface area contributed by atoms with Crippen molar-refractivity contribution in [3.8, 4) is 11.5 Å². The molecule has 2 atom stereocenters. The highest BCUT2D eigenvalue weighted by atomic mass is 16.5. The van der Waals surface area contributed by atoms with E-state index in [4.69, 9.17) is 9.47 Å². The molecular formula is C16H16O3. The van der Waals surface area contributed by atoms with Crippen LogP contribution in [0.15, 0.2) is 48.5 Å². The number of aliphatic hydroxyl groups is 1. The molecule has 1 N–H and O–H groups in total. The van der Waals surface area contributed by atoms with Crippen LogP contribution in [-0.2, 0) is 0 Å². The maximum atomic E-state index is 10.5. The Kier molecular flexibility index (Phi) is 3.13. The Bertz CT molecular complexity index is 562. The Morgan fingerprint density at radius 1 is 1.11 bits per heavy atom. The molecule has 0 aliphatic carbocycles. The highest BCUT2D eigenvalue weighted by molar-refractivity contribution is 5.40. The molecule has 19 heavy (non-hydrogen) atoms. The van der Waals surface area contributed by atoms with Gasteiger partial charge in [-0.05, 0) is 23.8 Å². The maximum absolute atomic E-state index is 10.5. The Labute approximate surface area is 112 Å². The lowest BCUT2D eigenvalue weighted by atomic mass is 9.87. The normalized spacial score (nSPS) is 21.4. The number of para-hydroxylation sites is 1. The molecule has 0 aromatic heterocycles. The monoisotopic (exact) mass is 256 g/mol. The van der Waals surface area contributed by atoms with Crippen LogP contribution in [0.1, 0.15) is 23.1 Å². The van der Waals surface area contributed by atoms with E-state index in [2.05, 4.69) is 0 Å². The van der Waals surface area contributed by atoms with Crippen LogP contribution >= 0.6 is 0 Å². The minimum absolute atomic E-state index is 0.0409. The molecule has 0 unspecified atom stereocenters. The summed E-state index contributed by atoms with van der Waals surface area (Å²) in [6.45, 7) is 0.491. The summed E-state index contributed by atoms with van der Waals surface area (Å²) in [5.74, 6) is 1.55. The van der Waals surface area contributed by atoms with Gasteiger partial charge in [0, 0.05) is 11.5 Å². The topological polar surface area (TPSA) is 38.7 Å². The van der Waals surface area contributed by atoms with Crippen molar-refractivity contribution in [2.45, 2.75) is 12.0 Å². The first-order valence-corrected chi connectivity index (χ1v) is 6.33. The highest BCUT2D eigenvalue weighted by Gasteiger charge is 2.30. The van der Waals surface area contributed by atoms with E-state index in [0.29, 0.717) is 6.61 Å². The van der Waals surface area contributed by atoms with E-state index in [9.17, 15) is 5.11 Å². The summed E-state index contributed by atoms with van der Waals surface area (Å²) >= 11 is 0. The molecule has 0 bridgehead atoms. The summed E-state index contributed by atoms with van der Waals surface area (Å²) in [7, 11) is 1.64. The third-order valence-corrected chi connectivity index (χ3v) is 3.58. The molecule has 0 radical (unpaired) electrons. The van der Waals surface area contributed by atoms with Gasteiger partial charge in [0.15, 0.2) is 0 Å². The Balaban J connectivity index is 1.90. The van der Waals surface area contributed by atoms with Crippen molar-refractivity contribution in [3.63, 3.8) is 0 Å². The second-order valence-electron chi connectivity index (χ2n) is 4.67. The second-order valence-corrected chi connectivity index (χ2v) is 4.67. The smallest absolute Gasteiger partial charge is 0.125 e. The molecule has 0 spiro atoms. The fourth-order valence-corrected chi connectivity index (χ4v) is 2.47. The molecule has 2 aromatic rings. The molecular weight excluding hydrogens is 240 g/mol. The zero-order chi connectivity index (χ0) is 13.2. The zero-order valence-electron chi connectivity index (χ0n) is 10.7. The number of benzene rings is 2. The summed E-state index contributed by atoms with van der Waals surface area (Å²) in [5.41, 5.74) is 1.91. The van der Waals surface area contributed by atoms with Gasteiger partial charge >= 0.3 is 0 Å². The summed E-state index contributed by atoms with van der Waals surface area (Å²) in [4.78, 5) is 0. The van der Waals surface area contributed by atoms with Crippen LogP contribution in [0.3, 0.4) is 0 Å². The minimum Gasteiger partial charge on any atom is -0.497 e. The maximum Gasteiger partial charge on any atom is 0.125 e.